The molecule has 0 fully saturated rings. The maximum Gasteiger partial charge on any atom is 0.490 e. The predicted molar refractivity (Wildman–Crippen MR) is 160 cm³/mol. The van der Waals surface area contributed by atoms with Crippen LogP contribution in [0.2, 0.25) is 0 Å². The SMILES string of the molecule is O=C(O)C(F)(F)F.O=C(O)C(F)(F)F.O=C(O)C(F)(F)F.O=C(O)CN(CCN(CCN(CC(=O)O)CC(=O)O)CC(=O)NCCN1C(=O)C=CC1=O)CC(=O)O. The fourth-order valence-electron chi connectivity index (χ4n) is 3.25. The number of hydrogen-bond acceptors (Lipinski definition) is 13. The number of imide groups is 1. The van der Waals surface area contributed by atoms with Crippen molar-refractivity contribution in [3.05, 3.63) is 12.2 Å². The van der Waals surface area contributed by atoms with Gasteiger partial charge in [0, 0.05) is 51.4 Å². The van der Waals surface area contributed by atoms with Gasteiger partial charge in [0.1, 0.15) is 0 Å². The normalized spacial score (nSPS) is 12.5. The minimum atomic E-state index is -5.08. The molecule has 1 aliphatic rings. The van der Waals surface area contributed by atoms with Crippen molar-refractivity contribution >= 4 is 59.5 Å². The van der Waals surface area contributed by atoms with E-state index in [2.05, 4.69) is 5.32 Å². The number of rotatable bonds is 19. The predicted octanol–water partition coefficient (Wildman–Crippen LogP) is -1.83. The minimum absolute atomic E-state index is 0.00891. The molecule has 1 heterocycles. The van der Waals surface area contributed by atoms with Gasteiger partial charge < -0.3 is 41.1 Å². The quantitative estimate of drug-likeness (QED) is 0.0523. The van der Waals surface area contributed by atoms with Gasteiger partial charge in [-0.2, -0.15) is 39.5 Å². The molecule has 1 rings (SSSR count). The first kappa shape index (κ1) is 55.2. The summed E-state index contributed by atoms with van der Waals surface area (Å²) in [7, 11) is 0. The van der Waals surface area contributed by atoms with Gasteiger partial charge in [0.2, 0.25) is 5.91 Å². The first-order chi connectivity index (χ1) is 25.7. The number of aliphatic carboxylic acids is 7. The number of nitrogens with one attached hydrogen (secondary N) is 1. The molecule has 0 bridgehead atoms. The third kappa shape index (κ3) is 30.9. The highest BCUT2D eigenvalue weighted by Gasteiger charge is 2.39. The number of halogens is 9. The lowest BCUT2D eigenvalue weighted by Crippen LogP contribution is -2.47. The van der Waals surface area contributed by atoms with Crippen molar-refractivity contribution in [1.82, 2.24) is 24.9 Å². The van der Waals surface area contributed by atoms with Crippen LogP contribution in [0.3, 0.4) is 0 Å². The zero-order valence-electron chi connectivity index (χ0n) is 28.3. The maximum atomic E-state index is 12.4. The van der Waals surface area contributed by atoms with E-state index in [0.717, 1.165) is 26.9 Å². The maximum absolute atomic E-state index is 12.4. The van der Waals surface area contributed by atoms with Gasteiger partial charge in [-0.25, -0.2) is 14.4 Å². The summed E-state index contributed by atoms with van der Waals surface area (Å²) in [6.07, 6.45) is -13.0. The summed E-state index contributed by atoms with van der Waals surface area (Å²) in [5, 5.41) is 59.9. The van der Waals surface area contributed by atoms with Crippen LogP contribution in [-0.4, -0.2) is 205 Å². The van der Waals surface area contributed by atoms with E-state index in [1.54, 1.807) is 0 Å². The molecule has 0 unspecified atom stereocenters. The van der Waals surface area contributed by atoms with Crippen LogP contribution in [-0.2, 0) is 47.9 Å². The van der Waals surface area contributed by atoms with Gasteiger partial charge in [-0.3, -0.25) is 53.2 Å². The highest BCUT2D eigenvalue weighted by atomic mass is 19.4. The monoisotopic (exact) mass is 857 g/mol. The van der Waals surface area contributed by atoms with Crippen molar-refractivity contribution in [1.29, 1.82) is 0 Å². The van der Waals surface area contributed by atoms with E-state index in [-0.39, 0.29) is 45.8 Å². The average molecular weight is 858 g/mol. The largest absolute Gasteiger partial charge is 0.490 e. The Hall–Kier alpha value is -6.11. The minimum Gasteiger partial charge on any atom is -0.480 e. The zero-order valence-corrected chi connectivity index (χ0v) is 28.3. The molecule has 0 radical (unpaired) electrons. The molecule has 0 saturated heterocycles. The van der Waals surface area contributed by atoms with E-state index in [4.69, 9.17) is 50.1 Å². The zero-order chi connectivity index (χ0) is 45.5. The van der Waals surface area contributed by atoms with Crippen molar-refractivity contribution in [3.8, 4) is 0 Å². The van der Waals surface area contributed by atoms with Crippen molar-refractivity contribution < 1.29 is 123 Å². The second-order valence-corrected chi connectivity index (χ2v) is 10.2. The summed E-state index contributed by atoms with van der Waals surface area (Å²) in [6, 6.07) is 0. The molecule has 0 saturated carbocycles. The number of carboxylic acid groups (broad SMARTS) is 7. The first-order valence-corrected chi connectivity index (χ1v) is 14.4. The van der Waals surface area contributed by atoms with Gasteiger partial charge in [-0.1, -0.05) is 0 Å². The molecule has 3 amide bonds. The summed E-state index contributed by atoms with van der Waals surface area (Å²) in [4.78, 5) is 111. The van der Waals surface area contributed by atoms with E-state index in [1.807, 2.05) is 0 Å². The topological polar surface area (TPSA) is 337 Å². The smallest absolute Gasteiger partial charge is 0.480 e. The van der Waals surface area contributed by atoms with E-state index in [9.17, 15) is 73.1 Å². The van der Waals surface area contributed by atoms with Crippen LogP contribution in [0.4, 0.5) is 39.5 Å². The highest BCUT2D eigenvalue weighted by molar-refractivity contribution is 6.12. The van der Waals surface area contributed by atoms with Crippen LogP contribution in [0.25, 0.3) is 0 Å². The number of amides is 3. The second kappa shape index (κ2) is 25.9. The molecule has 0 atom stereocenters. The molecule has 22 nitrogen and oxygen atoms in total. The Morgan fingerprint density at radius 2 is 0.737 bits per heavy atom. The van der Waals surface area contributed by atoms with E-state index >= 15 is 0 Å². The molecule has 0 aliphatic carbocycles. The van der Waals surface area contributed by atoms with Crippen LogP contribution in [0.1, 0.15) is 0 Å². The van der Waals surface area contributed by atoms with E-state index in [1.165, 1.54) is 4.90 Å². The molecule has 326 valence electrons. The molecule has 57 heavy (non-hydrogen) atoms. The van der Waals surface area contributed by atoms with Gasteiger partial charge in [0.25, 0.3) is 11.8 Å². The molecular formula is C26H32F9N5O17. The summed E-state index contributed by atoms with van der Waals surface area (Å²) >= 11 is 0. The van der Waals surface area contributed by atoms with Gasteiger partial charge in [-0.15, -0.1) is 0 Å². The molecule has 1 aliphatic heterocycles. The molecule has 0 aromatic rings. The molecule has 8 N–H and O–H groups in total. The number of alkyl halides is 9. The van der Waals surface area contributed by atoms with Crippen LogP contribution in [0, 0.1) is 0 Å². The van der Waals surface area contributed by atoms with Crippen LogP contribution in [0.15, 0.2) is 12.2 Å². The standard InChI is InChI=1S/C20H29N5O11.3C2HF3O2/c26-14(21-3-4-25-15(27)1-2-16(25)28)9-22(5-7-23(10-17(29)30)11-18(31)32)6-8-24(12-19(33)34)13-20(35)36;3*3-2(4,5)1(6)7/h1-2H,3-13H2,(H,21,26)(H,29,30)(H,31,32)(H,33,34)(H,35,36);3*(H,6,7). The summed E-state index contributed by atoms with van der Waals surface area (Å²) in [5.41, 5.74) is 0. The van der Waals surface area contributed by atoms with Crippen LogP contribution in [0.5, 0.6) is 0 Å². The first-order valence-electron chi connectivity index (χ1n) is 14.4. The lowest BCUT2D eigenvalue weighted by molar-refractivity contribution is -0.193. The number of hydrogen-bond donors (Lipinski definition) is 8. The Labute approximate surface area is 310 Å². The fraction of sp³-hybridized carbons (Fsp3) is 0.538. The number of carbonyl (C=O) groups excluding carboxylic acids is 3. The molecule has 0 spiro atoms. The van der Waals surface area contributed by atoms with Crippen LogP contribution >= 0.6 is 0 Å². The van der Waals surface area contributed by atoms with Crippen molar-refractivity contribution in [3.63, 3.8) is 0 Å². The number of carboxylic acids is 7. The van der Waals surface area contributed by atoms with Gasteiger partial charge in [0.15, 0.2) is 0 Å². The molecule has 31 heteroatoms. The number of carbonyl (C=O) groups is 10. The number of nitrogens with zero attached hydrogens (tertiary/aromatic N) is 4. The van der Waals surface area contributed by atoms with Crippen molar-refractivity contribution in [2.45, 2.75) is 18.5 Å². The molecule has 0 aromatic carbocycles. The lowest BCUT2D eigenvalue weighted by Gasteiger charge is -2.28. The van der Waals surface area contributed by atoms with Gasteiger partial charge >= 0.3 is 60.3 Å². The molecular weight excluding hydrogens is 825 g/mol. The fourth-order valence-corrected chi connectivity index (χ4v) is 3.25. The highest BCUT2D eigenvalue weighted by Crippen LogP contribution is 2.14. The Kier molecular flexibility index (Phi) is 25.1. The van der Waals surface area contributed by atoms with Gasteiger partial charge in [-0.05, 0) is 0 Å². The lowest BCUT2D eigenvalue weighted by atomic mass is 10.3. The summed E-state index contributed by atoms with van der Waals surface area (Å²) < 4.78 is 95.2. The van der Waals surface area contributed by atoms with E-state index < -0.39 is 104 Å². The van der Waals surface area contributed by atoms with Crippen molar-refractivity contribution in [2.75, 3.05) is 72.0 Å². The third-order valence-electron chi connectivity index (χ3n) is 5.55. The summed E-state index contributed by atoms with van der Waals surface area (Å²) in [6.45, 7) is -2.76. The van der Waals surface area contributed by atoms with Crippen LogP contribution < -0.4 is 5.32 Å². The van der Waals surface area contributed by atoms with E-state index in [0.29, 0.717) is 0 Å². The Morgan fingerprint density at radius 3 is 0.965 bits per heavy atom. The Bertz CT molecular complexity index is 1320. The van der Waals surface area contributed by atoms with Gasteiger partial charge in [0.05, 0.1) is 32.7 Å². The Morgan fingerprint density at radius 1 is 0.491 bits per heavy atom. The van der Waals surface area contributed by atoms with Crippen molar-refractivity contribution in [2.24, 2.45) is 0 Å². The third-order valence-corrected chi connectivity index (χ3v) is 5.55. The second-order valence-electron chi connectivity index (χ2n) is 10.2. The molecule has 0 aromatic heterocycles. The average Bonchev–Trinajstić information content (AvgIpc) is 3.33. The Balaban J connectivity index is -0.00000112. The summed E-state index contributed by atoms with van der Waals surface area (Å²) in [5.74, 6) is -14.8.